The van der Waals surface area contributed by atoms with Gasteiger partial charge in [0.05, 0.1) is 5.69 Å². The van der Waals surface area contributed by atoms with Crippen LogP contribution >= 0.6 is 11.6 Å². The summed E-state index contributed by atoms with van der Waals surface area (Å²) < 4.78 is 62.3. The van der Waals surface area contributed by atoms with Gasteiger partial charge in [0.1, 0.15) is 0 Å². The number of nitrogens with zero attached hydrogens (tertiary/aromatic N) is 1. The van der Waals surface area contributed by atoms with Gasteiger partial charge in [-0.1, -0.05) is 11.6 Å². The quantitative estimate of drug-likeness (QED) is 0.617. The highest BCUT2D eigenvalue weighted by atomic mass is 35.5. The molecule has 1 aliphatic heterocycles. The predicted molar refractivity (Wildman–Crippen MR) is 65.0 cm³/mol. The number of halogens is 4. The van der Waals surface area contributed by atoms with Crippen molar-refractivity contribution in [1.82, 2.24) is 0 Å². The molecule has 0 fully saturated rings. The number of benzene rings is 1. The largest absolute Gasteiger partial charge is 0.534 e. The zero-order valence-corrected chi connectivity index (χ0v) is 11.4. The summed E-state index contributed by atoms with van der Waals surface area (Å²) in [6.07, 6.45) is 1.00. The predicted octanol–water partition coefficient (Wildman–Crippen LogP) is 2.89. The fourth-order valence-electron chi connectivity index (χ4n) is 1.46. The molecule has 10 heteroatoms. The smallest absolute Gasteiger partial charge is 0.340 e. The Bertz CT molecular complexity index is 672. The van der Waals surface area contributed by atoms with Crippen molar-refractivity contribution in [2.75, 3.05) is 12.1 Å². The Morgan fingerprint density at radius 3 is 2.60 bits per heavy atom. The number of hydroxylamine groups is 1. The van der Waals surface area contributed by atoms with Crippen molar-refractivity contribution >= 4 is 33.5 Å². The Labute approximate surface area is 117 Å². The topological polar surface area (TPSA) is 55.8 Å². The average Bonchev–Trinajstić information content (AvgIpc) is 2.25. The third-order valence-electron chi connectivity index (χ3n) is 2.30. The second kappa shape index (κ2) is 4.74. The van der Waals surface area contributed by atoms with Crippen molar-refractivity contribution in [3.63, 3.8) is 0 Å². The van der Waals surface area contributed by atoms with Gasteiger partial charge < -0.3 is 9.02 Å². The molecule has 0 saturated carbocycles. The van der Waals surface area contributed by atoms with Crippen LogP contribution in [0.5, 0.6) is 0 Å². The van der Waals surface area contributed by atoms with Gasteiger partial charge in [-0.05, 0) is 18.2 Å². The Hall–Kier alpha value is -1.61. The van der Waals surface area contributed by atoms with Gasteiger partial charge in [-0.25, -0.2) is 5.06 Å². The molecule has 0 aromatic heterocycles. The first-order valence-electron chi connectivity index (χ1n) is 5.04. The van der Waals surface area contributed by atoms with Crippen LogP contribution in [0.2, 0.25) is 5.02 Å². The lowest BCUT2D eigenvalue weighted by Crippen LogP contribution is -2.29. The molecule has 20 heavy (non-hydrogen) atoms. The second-order valence-corrected chi connectivity index (χ2v) is 5.71. The van der Waals surface area contributed by atoms with Crippen LogP contribution in [0.3, 0.4) is 0 Å². The van der Waals surface area contributed by atoms with Gasteiger partial charge in [-0.15, -0.1) is 0 Å². The third-order valence-corrected chi connectivity index (χ3v) is 3.49. The molecule has 0 radical (unpaired) electrons. The van der Waals surface area contributed by atoms with Crippen LogP contribution in [0.1, 0.15) is 5.56 Å². The SMILES string of the molecule is CN1OC(OS(=O)(=O)C(F)(F)F)=Cc2cc(Cl)ccc21. The molecule has 0 atom stereocenters. The number of fused-ring (bicyclic) bond motifs is 1. The van der Waals surface area contributed by atoms with Gasteiger partial charge in [0.15, 0.2) is 0 Å². The fraction of sp³-hybridized carbons (Fsp3) is 0.200. The standard InChI is InChI=1S/C10H7ClF3NO4S/c1-15-8-3-2-7(11)4-6(8)5-9(18-15)19-20(16,17)10(12,13)14/h2-5H,1H3. The highest BCUT2D eigenvalue weighted by Gasteiger charge is 2.49. The first-order valence-corrected chi connectivity index (χ1v) is 6.82. The number of hydrogen-bond donors (Lipinski definition) is 0. The van der Waals surface area contributed by atoms with E-state index in [-0.39, 0.29) is 0 Å². The minimum absolute atomic E-state index is 0.327. The lowest BCUT2D eigenvalue weighted by atomic mass is 10.1. The molecule has 2 rings (SSSR count). The summed E-state index contributed by atoms with van der Waals surface area (Å²) in [6, 6.07) is 4.54. The maximum Gasteiger partial charge on any atom is 0.534 e. The van der Waals surface area contributed by atoms with Crippen LogP contribution in [0.25, 0.3) is 6.08 Å². The van der Waals surface area contributed by atoms with Crippen LogP contribution in [0.15, 0.2) is 24.1 Å². The summed E-state index contributed by atoms with van der Waals surface area (Å²) in [5, 5.41) is 1.39. The van der Waals surface area contributed by atoms with Crippen molar-refractivity contribution < 1.29 is 30.6 Å². The van der Waals surface area contributed by atoms with Crippen LogP contribution in [-0.4, -0.2) is 21.0 Å². The molecule has 5 nitrogen and oxygen atoms in total. The summed E-state index contributed by atoms with van der Waals surface area (Å²) in [5.41, 5.74) is -4.69. The van der Waals surface area contributed by atoms with Crippen molar-refractivity contribution in [3.8, 4) is 0 Å². The number of anilines is 1. The number of hydrogen-bond acceptors (Lipinski definition) is 5. The van der Waals surface area contributed by atoms with Crippen molar-refractivity contribution in [1.29, 1.82) is 0 Å². The molecule has 0 unspecified atom stereocenters. The van der Waals surface area contributed by atoms with E-state index < -0.39 is 21.6 Å². The molecule has 0 spiro atoms. The Kier molecular flexibility index (Phi) is 3.51. The van der Waals surface area contributed by atoms with E-state index in [1.807, 2.05) is 0 Å². The molecule has 1 aliphatic rings. The van der Waals surface area contributed by atoms with Gasteiger partial charge in [-0.3, -0.25) is 0 Å². The summed E-state index contributed by atoms with van der Waals surface area (Å²) in [7, 11) is -4.41. The van der Waals surface area contributed by atoms with Crippen molar-refractivity contribution in [2.45, 2.75) is 5.51 Å². The molecule has 0 aliphatic carbocycles. The highest BCUT2D eigenvalue weighted by Crippen LogP contribution is 2.34. The van der Waals surface area contributed by atoms with E-state index in [1.165, 1.54) is 13.1 Å². The van der Waals surface area contributed by atoms with E-state index >= 15 is 0 Å². The van der Waals surface area contributed by atoms with E-state index in [0.717, 1.165) is 11.1 Å². The summed E-state index contributed by atoms with van der Waals surface area (Å²) >= 11 is 5.75. The van der Waals surface area contributed by atoms with E-state index in [2.05, 4.69) is 4.18 Å². The Morgan fingerprint density at radius 1 is 1.35 bits per heavy atom. The van der Waals surface area contributed by atoms with E-state index in [0.29, 0.717) is 16.3 Å². The fourth-order valence-corrected chi connectivity index (χ4v) is 2.03. The zero-order chi connectivity index (χ0) is 15.1. The van der Waals surface area contributed by atoms with E-state index in [1.54, 1.807) is 12.1 Å². The molecule has 1 aromatic rings. The minimum Gasteiger partial charge on any atom is -0.340 e. The van der Waals surface area contributed by atoms with Crippen molar-refractivity contribution in [2.24, 2.45) is 0 Å². The first-order chi connectivity index (χ1) is 9.10. The van der Waals surface area contributed by atoms with Crippen LogP contribution in [0, 0.1) is 0 Å². The summed E-state index contributed by atoms with van der Waals surface area (Å²) in [6.45, 7) is 0. The number of alkyl halides is 3. The van der Waals surface area contributed by atoms with Gasteiger partial charge in [0.25, 0.3) is 0 Å². The molecule has 0 N–H and O–H groups in total. The average molecular weight is 330 g/mol. The lowest BCUT2D eigenvalue weighted by molar-refractivity contribution is -0.0564. The van der Waals surface area contributed by atoms with E-state index in [4.69, 9.17) is 16.4 Å². The first kappa shape index (κ1) is 14.8. The maximum absolute atomic E-state index is 12.2. The Balaban J connectivity index is 2.37. The van der Waals surface area contributed by atoms with Crippen LogP contribution in [-0.2, 0) is 19.1 Å². The van der Waals surface area contributed by atoms with Crippen molar-refractivity contribution in [3.05, 3.63) is 34.7 Å². The molecule has 0 amide bonds. The second-order valence-electron chi connectivity index (χ2n) is 3.74. The highest BCUT2D eigenvalue weighted by molar-refractivity contribution is 7.87. The zero-order valence-electron chi connectivity index (χ0n) is 9.81. The molecular formula is C10H7ClF3NO4S. The van der Waals surface area contributed by atoms with Gasteiger partial charge in [0, 0.05) is 23.7 Å². The molecule has 0 bridgehead atoms. The number of rotatable bonds is 2. The summed E-state index contributed by atoms with van der Waals surface area (Å²) in [5.74, 6) is -0.820. The molecule has 1 aromatic carbocycles. The van der Waals surface area contributed by atoms with Crippen LogP contribution < -0.4 is 5.06 Å². The van der Waals surface area contributed by atoms with Crippen LogP contribution in [0.4, 0.5) is 18.9 Å². The normalized spacial score (nSPS) is 15.2. The molecular weight excluding hydrogens is 323 g/mol. The minimum atomic E-state index is -5.79. The monoisotopic (exact) mass is 329 g/mol. The summed E-state index contributed by atoms with van der Waals surface area (Å²) in [4.78, 5) is 4.83. The molecule has 110 valence electrons. The Morgan fingerprint density at radius 2 is 2.00 bits per heavy atom. The lowest BCUT2D eigenvalue weighted by Gasteiger charge is -2.26. The van der Waals surface area contributed by atoms with Gasteiger partial charge in [-0.2, -0.15) is 21.6 Å². The van der Waals surface area contributed by atoms with Gasteiger partial charge >= 0.3 is 21.6 Å². The molecule has 0 saturated heterocycles. The maximum atomic E-state index is 12.2. The van der Waals surface area contributed by atoms with Gasteiger partial charge in [0.2, 0.25) is 0 Å². The van der Waals surface area contributed by atoms with E-state index in [9.17, 15) is 21.6 Å². The third kappa shape index (κ3) is 2.78. The molecule has 1 heterocycles.